The Balaban J connectivity index is 1.63. The number of rotatable bonds is 6. The van der Waals surface area contributed by atoms with Gasteiger partial charge in [0.05, 0.1) is 5.25 Å². The number of hydrogen-bond acceptors (Lipinski definition) is 4. The molecule has 1 aromatic heterocycles. The van der Waals surface area contributed by atoms with Crippen molar-refractivity contribution in [3.63, 3.8) is 0 Å². The van der Waals surface area contributed by atoms with E-state index >= 15 is 0 Å². The van der Waals surface area contributed by atoms with Crippen molar-refractivity contribution in [1.82, 2.24) is 20.5 Å². The number of aromatic nitrogens is 3. The number of hydrogen-bond donors (Lipinski definition) is 2. The Bertz CT molecular complexity index is 648. The fourth-order valence-corrected chi connectivity index (χ4v) is 2.82. The smallest absolute Gasteiger partial charge is 0.233 e. The van der Waals surface area contributed by atoms with Crippen LogP contribution in [0.1, 0.15) is 32.3 Å². The first-order valence-corrected chi connectivity index (χ1v) is 8.52. The quantitative estimate of drug-likeness (QED) is 0.804. The maximum absolute atomic E-state index is 11.9. The van der Waals surface area contributed by atoms with Gasteiger partial charge in [-0.15, -0.1) is 5.10 Å². The standard InChI is InChI=1S/C16H20N4OS/c1-3-11-4-6-12(7-5-11)14-18-16(20-19-14)22-10(2)15(21)17-13-8-9-13/h4-7,10,13H,3,8-9H2,1-2H3,(H,17,21)(H,18,19,20)/t10-/m0/s1. The Hall–Kier alpha value is -1.82. The third kappa shape index (κ3) is 3.68. The highest BCUT2D eigenvalue weighted by molar-refractivity contribution is 8.00. The lowest BCUT2D eigenvalue weighted by Gasteiger charge is -2.08. The fraction of sp³-hybridized carbons (Fsp3) is 0.438. The van der Waals surface area contributed by atoms with Crippen molar-refractivity contribution in [3.05, 3.63) is 29.8 Å². The molecule has 1 fully saturated rings. The summed E-state index contributed by atoms with van der Waals surface area (Å²) in [5.74, 6) is 0.797. The lowest BCUT2D eigenvalue weighted by Crippen LogP contribution is -2.32. The summed E-state index contributed by atoms with van der Waals surface area (Å²) in [5.41, 5.74) is 2.30. The van der Waals surface area contributed by atoms with Crippen molar-refractivity contribution < 1.29 is 4.79 Å². The Kier molecular flexibility index (Phi) is 4.47. The number of nitrogens with one attached hydrogen (secondary N) is 2. The summed E-state index contributed by atoms with van der Waals surface area (Å²) in [6.07, 6.45) is 3.22. The zero-order valence-electron chi connectivity index (χ0n) is 12.8. The van der Waals surface area contributed by atoms with Crippen LogP contribution in [-0.4, -0.2) is 32.4 Å². The van der Waals surface area contributed by atoms with Gasteiger partial charge in [-0.1, -0.05) is 43.0 Å². The first-order valence-electron chi connectivity index (χ1n) is 7.64. The second-order valence-corrected chi connectivity index (χ2v) is 6.87. The highest BCUT2D eigenvalue weighted by Crippen LogP contribution is 2.25. The van der Waals surface area contributed by atoms with Crippen LogP contribution in [0.3, 0.4) is 0 Å². The molecule has 0 aliphatic heterocycles. The Labute approximate surface area is 134 Å². The Morgan fingerprint density at radius 2 is 2.14 bits per heavy atom. The van der Waals surface area contributed by atoms with Crippen LogP contribution in [0.25, 0.3) is 11.4 Å². The SMILES string of the molecule is CCc1ccc(-c2nc(S[C@@H](C)C(=O)NC3CC3)n[nH]2)cc1. The van der Waals surface area contributed by atoms with Crippen LogP contribution in [0.2, 0.25) is 0 Å². The predicted octanol–water partition coefficient (Wildman–Crippen LogP) is 2.79. The maximum Gasteiger partial charge on any atom is 0.233 e. The van der Waals surface area contributed by atoms with Crippen LogP contribution < -0.4 is 5.32 Å². The molecule has 1 saturated carbocycles. The van der Waals surface area contributed by atoms with Crippen LogP contribution in [0.15, 0.2) is 29.4 Å². The minimum absolute atomic E-state index is 0.0612. The van der Waals surface area contributed by atoms with Gasteiger partial charge in [0.1, 0.15) is 0 Å². The molecule has 116 valence electrons. The first kappa shape index (κ1) is 15.1. The summed E-state index contributed by atoms with van der Waals surface area (Å²) in [6, 6.07) is 8.65. The molecule has 1 heterocycles. The van der Waals surface area contributed by atoms with Gasteiger partial charge in [-0.05, 0) is 31.7 Å². The molecule has 6 heteroatoms. The Morgan fingerprint density at radius 3 is 2.77 bits per heavy atom. The van der Waals surface area contributed by atoms with Crippen molar-refractivity contribution in [2.45, 2.75) is 49.6 Å². The van der Waals surface area contributed by atoms with E-state index in [1.807, 2.05) is 19.1 Å². The molecule has 0 unspecified atom stereocenters. The lowest BCUT2D eigenvalue weighted by atomic mass is 10.1. The van der Waals surface area contributed by atoms with E-state index in [2.05, 4.69) is 39.6 Å². The third-order valence-corrected chi connectivity index (χ3v) is 4.64. The average Bonchev–Trinajstić information content (AvgIpc) is 3.23. The summed E-state index contributed by atoms with van der Waals surface area (Å²) in [5, 5.41) is 10.6. The Morgan fingerprint density at radius 1 is 1.41 bits per heavy atom. The molecule has 2 N–H and O–H groups in total. The minimum atomic E-state index is -0.188. The molecule has 2 aromatic rings. The number of carbonyl (C=O) groups excluding carboxylic acids is 1. The summed E-state index contributed by atoms with van der Waals surface area (Å²) in [4.78, 5) is 16.4. The molecule has 1 aliphatic rings. The van der Waals surface area contributed by atoms with Crippen LogP contribution in [0.5, 0.6) is 0 Å². The summed E-state index contributed by atoms with van der Waals surface area (Å²) in [7, 11) is 0. The third-order valence-electron chi connectivity index (χ3n) is 3.68. The van der Waals surface area contributed by atoms with Crippen molar-refractivity contribution in [3.8, 4) is 11.4 Å². The van der Waals surface area contributed by atoms with Crippen molar-refractivity contribution >= 4 is 17.7 Å². The lowest BCUT2D eigenvalue weighted by molar-refractivity contribution is -0.120. The molecule has 0 radical (unpaired) electrons. The van der Waals surface area contributed by atoms with Gasteiger partial charge >= 0.3 is 0 Å². The van der Waals surface area contributed by atoms with E-state index < -0.39 is 0 Å². The first-order chi connectivity index (χ1) is 10.7. The van der Waals surface area contributed by atoms with Gasteiger partial charge < -0.3 is 5.32 Å². The second-order valence-electron chi connectivity index (χ2n) is 5.56. The summed E-state index contributed by atoms with van der Waals surface area (Å²) < 4.78 is 0. The molecule has 3 rings (SSSR count). The molecule has 5 nitrogen and oxygen atoms in total. The number of aromatic amines is 1. The van der Waals surface area contributed by atoms with Gasteiger partial charge in [-0.2, -0.15) is 0 Å². The number of H-pyrrole nitrogens is 1. The molecule has 22 heavy (non-hydrogen) atoms. The molecule has 0 saturated heterocycles. The normalized spacial score (nSPS) is 15.5. The zero-order valence-corrected chi connectivity index (χ0v) is 13.6. The molecule has 0 spiro atoms. The van der Waals surface area contributed by atoms with E-state index in [0.29, 0.717) is 11.2 Å². The van der Waals surface area contributed by atoms with Gasteiger partial charge in [0.25, 0.3) is 0 Å². The number of amides is 1. The van der Waals surface area contributed by atoms with E-state index in [1.54, 1.807) is 0 Å². The van der Waals surface area contributed by atoms with Crippen molar-refractivity contribution in [1.29, 1.82) is 0 Å². The van der Waals surface area contributed by atoms with E-state index in [9.17, 15) is 4.79 Å². The van der Waals surface area contributed by atoms with Gasteiger partial charge in [-0.3, -0.25) is 9.89 Å². The van der Waals surface area contributed by atoms with Gasteiger partial charge in [0.15, 0.2) is 5.82 Å². The van der Waals surface area contributed by atoms with Gasteiger partial charge in [-0.25, -0.2) is 4.98 Å². The monoisotopic (exact) mass is 316 g/mol. The molecule has 1 aromatic carbocycles. The number of carbonyl (C=O) groups is 1. The number of aryl methyl sites for hydroxylation is 1. The van der Waals surface area contributed by atoms with Gasteiger partial charge in [0.2, 0.25) is 11.1 Å². The highest BCUT2D eigenvalue weighted by atomic mass is 32.2. The van der Waals surface area contributed by atoms with Crippen LogP contribution in [0.4, 0.5) is 0 Å². The number of nitrogens with zero attached hydrogens (tertiary/aromatic N) is 2. The summed E-state index contributed by atoms with van der Waals surface area (Å²) >= 11 is 1.38. The van der Waals surface area contributed by atoms with E-state index in [-0.39, 0.29) is 11.2 Å². The van der Waals surface area contributed by atoms with Crippen molar-refractivity contribution in [2.24, 2.45) is 0 Å². The number of thioether (sulfide) groups is 1. The van der Waals surface area contributed by atoms with Crippen LogP contribution in [-0.2, 0) is 11.2 Å². The molecule has 1 atom stereocenters. The molecule has 0 bridgehead atoms. The fourth-order valence-electron chi connectivity index (χ4n) is 2.08. The second kappa shape index (κ2) is 6.52. The number of benzene rings is 1. The average molecular weight is 316 g/mol. The zero-order chi connectivity index (χ0) is 15.5. The van der Waals surface area contributed by atoms with E-state index in [0.717, 1.165) is 30.7 Å². The largest absolute Gasteiger partial charge is 0.352 e. The highest BCUT2D eigenvalue weighted by Gasteiger charge is 2.26. The maximum atomic E-state index is 11.9. The van der Waals surface area contributed by atoms with Gasteiger partial charge in [0, 0.05) is 11.6 Å². The molecule has 1 amide bonds. The summed E-state index contributed by atoms with van der Waals surface area (Å²) in [6.45, 7) is 4.01. The molecule has 1 aliphatic carbocycles. The molecular weight excluding hydrogens is 296 g/mol. The van der Waals surface area contributed by atoms with E-state index in [1.165, 1.54) is 17.3 Å². The topological polar surface area (TPSA) is 70.7 Å². The molecular formula is C16H20N4OS. The minimum Gasteiger partial charge on any atom is -0.352 e. The predicted molar refractivity (Wildman–Crippen MR) is 87.7 cm³/mol. The van der Waals surface area contributed by atoms with Crippen LogP contribution >= 0.6 is 11.8 Å². The van der Waals surface area contributed by atoms with Crippen LogP contribution in [0, 0.1) is 0 Å². The van der Waals surface area contributed by atoms with Crippen molar-refractivity contribution in [2.75, 3.05) is 0 Å². The van der Waals surface area contributed by atoms with E-state index in [4.69, 9.17) is 0 Å².